The molecule has 0 radical (unpaired) electrons. The van der Waals surface area contributed by atoms with E-state index in [4.69, 9.17) is 0 Å². The van der Waals surface area contributed by atoms with Gasteiger partial charge in [0, 0.05) is 30.9 Å². The van der Waals surface area contributed by atoms with Gasteiger partial charge in [-0.2, -0.15) is 0 Å². The minimum Gasteiger partial charge on any atom is -0.313 e. The van der Waals surface area contributed by atoms with E-state index < -0.39 is 0 Å². The number of nitrogens with one attached hydrogen (secondary N) is 1. The Bertz CT molecular complexity index is 298. The molecule has 1 aromatic rings. The molecule has 0 atom stereocenters. The maximum Gasteiger partial charge on any atom is 0.128 e. The van der Waals surface area contributed by atoms with Gasteiger partial charge in [-0.1, -0.05) is 27.7 Å². The summed E-state index contributed by atoms with van der Waals surface area (Å²) in [6, 6.07) is 0. The predicted molar refractivity (Wildman–Crippen MR) is 67.2 cm³/mol. The van der Waals surface area contributed by atoms with Crippen molar-refractivity contribution >= 4 is 0 Å². The van der Waals surface area contributed by atoms with Crippen LogP contribution in [0.2, 0.25) is 0 Å². The van der Waals surface area contributed by atoms with Crippen LogP contribution in [0, 0.1) is 5.41 Å². The number of hydrogen-bond donors (Lipinski definition) is 1. The zero-order chi connectivity index (χ0) is 12.0. The Hall–Kier alpha value is -0.960. The molecule has 0 bridgehead atoms. The quantitative estimate of drug-likeness (QED) is 0.777. The largest absolute Gasteiger partial charge is 0.313 e. The fraction of sp³-hybridized carbons (Fsp3) is 0.692. The van der Waals surface area contributed by atoms with E-state index in [1.807, 2.05) is 12.4 Å². The second-order valence-electron chi connectivity index (χ2n) is 5.42. The van der Waals surface area contributed by atoms with Crippen LogP contribution in [-0.4, -0.2) is 16.5 Å². The lowest BCUT2D eigenvalue weighted by atomic mass is 9.92. The van der Waals surface area contributed by atoms with Gasteiger partial charge in [-0.15, -0.1) is 0 Å². The van der Waals surface area contributed by atoms with Gasteiger partial charge in [-0.25, -0.2) is 9.97 Å². The van der Waals surface area contributed by atoms with Crippen LogP contribution in [0.4, 0.5) is 0 Å². The first-order chi connectivity index (χ1) is 7.51. The number of aromatic nitrogens is 2. The molecule has 1 N–H and O–H groups in total. The fourth-order valence-corrected chi connectivity index (χ4v) is 1.45. The second kappa shape index (κ2) is 5.94. The molecule has 1 aromatic heterocycles. The molecule has 3 heteroatoms. The van der Waals surface area contributed by atoms with Crippen molar-refractivity contribution in [3.05, 3.63) is 23.8 Å². The average Bonchev–Trinajstić information content (AvgIpc) is 2.19. The first kappa shape index (κ1) is 13.1. The van der Waals surface area contributed by atoms with Gasteiger partial charge in [0.1, 0.15) is 5.82 Å². The molecule has 0 saturated carbocycles. The van der Waals surface area contributed by atoms with E-state index in [-0.39, 0.29) is 5.41 Å². The summed E-state index contributed by atoms with van der Waals surface area (Å²) in [6.45, 7) is 10.7. The van der Waals surface area contributed by atoms with Crippen LogP contribution < -0.4 is 5.32 Å². The molecule has 90 valence electrons. The minimum absolute atomic E-state index is 0.252. The molecule has 0 aliphatic rings. The molecule has 0 fully saturated rings. The summed E-state index contributed by atoms with van der Waals surface area (Å²) >= 11 is 0. The summed E-state index contributed by atoms with van der Waals surface area (Å²) in [6.07, 6.45) is 5.94. The Kier molecular flexibility index (Phi) is 4.87. The van der Waals surface area contributed by atoms with Crippen molar-refractivity contribution < 1.29 is 0 Å². The first-order valence-electron chi connectivity index (χ1n) is 6.02. The van der Waals surface area contributed by atoms with Gasteiger partial charge in [0.05, 0.1) is 0 Å². The zero-order valence-corrected chi connectivity index (χ0v) is 10.9. The van der Waals surface area contributed by atoms with Gasteiger partial charge in [-0.05, 0) is 18.4 Å². The normalized spacial score (nSPS) is 11.8. The van der Waals surface area contributed by atoms with Gasteiger partial charge in [-0.3, -0.25) is 0 Å². The summed E-state index contributed by atoms with van der Waals surface area (Å²) in [4.78, 5) is 8.78. The smallest absolute Gasteiger partial charge is 0.128 e. The monoisotopic (exact) mass is 221 g/mol. The van der Waals surface area contributed by atoms with Crippen LogP contribution in [0.15, 0.2) is 12.4 Å². The van der Waals surface area contributed by atoms with Crippen molar-refractivity contribution in [1.82, 2.24) is 15.3 Å². The van der Waals surface area contributed by atoms with Crippen LogP contribution in [0.3, 0.4) is 0 Å². The molecule has 1 rings (SSSR count). The molecule has 0 unspecified atom stereocenters. The maximum absolute atomic E-state index is 4.39. The molecule has 1 heterocycles. The summed E-state index contributed by atoms with van der Waals surface area (Å²) in [5.41, 5.74) is 1.41. The van der Waals surface area contributed by atoms with Crippen LogP contribution in [0.5, 0.6) is 0 Å². The Morgan fingerprint density at radius 1 is 1.19 bits per heavy atom. The van der Waals surface area contributed by atoms with Crippen molar-refractivity contribution in [2.75, 3.05) is 6.54 Å². The van der Waals surface area contributed by atoms with Crippen molar-refractivity contribution in [2.24, 2.45) is 5.41 Å². The van der Waals surface area contributed by atoms with E-state index in [1.165, 1.54) is 0 Å². The molecular weight excluding hydrogens is 198 g/mol. The van der Waals surface area contributed by atoms with Gasteiger partial charge < -0.3 is 5.32 Å². The number of rotatable bonds is 5. The number of nitrogens with zero attached hydrogens (tertiary/aromatic N) is 2. The highest BCUT2D eigenvalue weighted by atomic mass is 14.9. The lowest BCUT2D eigenvalue weighted by Crippen LogP contribution is -2.15. The highest BCUT2D eigenvalue weighted by molar-refractivity contribution is 5.05. The van der Waals surface area contributed by atoms with Crippen molar-refractivity contribution in [3.63, 3.8) is 0 Å². The lowest BCUT2D eigenvalue weighted by molar-refractivity contribution is 0.400. The molecule has 0 saturated heterocycles. The van der Waals surface area contributed by atoms with Crippen LogP contribution in [0.1, 0.15) is 45.5 Å². The van der Waals surface area contributed by atoms with Gasteiger partial charge in [0.15, 0.2) is 0 Å². The molecule has 0 aliphatic carbocycles. The Morgan fingerprint density at radius 2 is 1.81 bits per heavy atom. The van der Waals surface area contributed by atoms with E-state index in [2.05, 4.69) is 43.0 Å². The van der Waals surface area contributed by atoms with Crippen LogP contribution in [0.25, 0.3) is 0 Å². The minimum atomic E-state index is 0.252. The van der Waals surface area contributed by atoms with E-state index in [1.54, 1.807) is 0 Å². The van der Waals surface area contributed by atoms with Crippen molar-refractivity contribution in [3.8, 4) is 0 Å². The Labute approximate surface area is 98.7 Å². The molecule has 0 amide bonds. The third-order valence-corrected chi connectivity index (χ3v) is 2.20. The predicted octanol–water partition coefficient (Wildman–Crippen LogP) is 2.56. The fourth-order valence-electron chi connectivity index (χ4n) is 1.45. The molecule has 0 spiro atoms. The van der Waals surface area contributed by atoms with Gasteiger partial charge in [0.25, 0.3) is 0 Å². The third-order valence-electron chi connectivity index (χ3n) is 2.20. The molecular formula is C13H23N3. The Morgan fingerprint density at radius 3 is 2.31 bits per heavy atom. The molecule has 0 aliphatic heterocycles. The van der Waals surface area contributed by atoms with Crippen LogP contribution >= 0.6 is 0 Å². The summed E-state index contributed by atoms with van der Waals surface area (Å²) in [5.74, 6) is 0.937. The van der Waals surface area contributed by atoms with E-state index >= 15 is 0 Å². The zero-order valence-electron chi connectivity index (χ0n) is 10.9. The van der Waals surface area contributed by atoms with Crippen LogP contribution in [-0.2, 0) is 13.0 Å². The first-order valence-corrected chi connectivity index (χ1v) is 6.02. The van der Waals surface area contributed by atoms with E-state index in [0.29, 0.717) is 0 Å². The third kappa shape index (κ3) is 5.21. The second-order valence-corrected chi connectivity index (χ2v) is 5.42. The van der Waals surface area contributed by atoms with E-state index in [9.17, 15) is 0 Å². The topological polar surface area (TPSA) is 37.8 Å². The summed E-state index contributed by atoms with van der Waals surface area (Å²) < 4.78 is 0. The SMILES string of the molecule is CCCNCc1cnc(CC(C)(C)C)nc1. The standard InChI is InChI=1S/C13H23N3/c1-5-6-14-8-11-9-15-12(16-10-11)7-13(2,3)4/h9-10,14H,5-8H2,1-4H3. The Balaban J connectivity index is 2.48. The number of hydrogen-bond acceptors (Lipinski definition) is 3. The average molecular weight is 221 g/mol. The summed E-state index contributed by atoms with van der Waals surface area (Å²) in [7, 11) is 0. The molecule has 16 heavy (non-hydrogen) atoms. The highest BCUT2D eigenvalue weighted by Gasteiger charge is 2.12. The van der Waals surface area contributed by atoms with Gasteiger partial charge in [0.2, 0.25) is 0 Å². The maximum atomic E-state index is 4.39. The van der Waals surface area contributed by atoms with E-state index in [0.717, 1.165) is 37.3 Å². The lowest BCUT2D eigenvalue weighted by Gasteiger charge is -2.16. The summed E-state index contributed by atoms with van der Waals surface area (Å²) in [5, 5.41) is 3.34. The van der Waals surface area contributed by atoms with Crippen molar-refractivity contribution in [1.29, 1.82) is 0 Å². The highest BCUT2D eigenvalue weighted by Crippen LogP contribution is 2.17. The molecule has 0 aromatic carbocycles. The van der Waals surface area contributed by atoms with Gasteiger partial charge >= 0.3 is 0 Å². The van der Waals surface area contributed by atoms with Crippen molar-refractivity contribution in [2.45, 2.75) is 47.1 Å². The molecule has 3 nitrogen and oxygen atoms in total.